The van der Waals surface area contributed by atoms with Crippen molar-refractivity contribution in [2.45, 2.75) is 31.3 Å². The van der Waals surface area contributed by atoms with E-state index in [1.54, 1.807) is 49.4 Å². The smallest absolute Gasteiger partial charge is 0.206 e. The first-order valence-electron chi connectivity index (χ1n) is 6.79. The number of sulfone groups is 1. The number of benzene rings is 1. The molecule has 1 aromatic rings. The van der Waals surface area contributed by atoms with E-state index in [9.17, 15) is 13.5 Å². The molecule has 1 aliphatic rings. The van der Waals surface area contributed by atoms with Crippen molar-refractivity contribution in [3.05, 3.63) is 53.5 Å². The molecular formula is C16H20O3S. The van der Waals surface area contributed by atoms with Crippen molar-refractivity contribution < 1.29 is 13.5 Å². The molecule has 2 rings (SSSR count). The van der Waals surface area contributed by atoms with E-state index in [1.807, 2.05) is 6.08 Å². The molecule has 108 valence electrons. The molecule has 3 nitrogen and oxygen atoms in total. The molecule has 3 atom stereocenters. The molecule has 0 bridgehead atoms. The van der Waals surface area contributed by atoms with Crippen LogP contribution in [0.25, 0.3) is 0 Å². The maximum atomic E-state index is 12.5. The zero-order valence-electron chi connectivity index (χ0n) is 11.7. The van der Waals surface area contributed by atoms with Crippen LogP contribution in [0.1, 0.15) is 20.3 Å². The first-order chi connectivity index (χ1) is 9.46. The number of rotatable bonds is 4. The van der Waals surface area contributed by atoms with Gasteiger partial charge in [0, 0.05) is 5.92 Å². The molecule has 0 aliphatic heterocycles. The molecule has 20 heavy (non-hydrogen) atoms. The molecule has 0 aromatic heterocycles. The van der Waals surface area contributed by atoms with Gasteiger partial charge in [-0.2, -0.15) is 0 Å². The molecule has 0 heterocycles. The van der Waals surface area contributed by atoms with Gasteiger partial charge in [-0.05, 0) is 37.5 Å². The van der Waals surface area contributed by atoms with E-state index in [1.165, 1.54) is 0 Å². The van der Waals surface area contributed by atoms with Crippen LogP contribution < -0.4 is 0 Å². The number of allylic oxidation sites excluding steroid dienone is 2. The lowest BCUT2D eigenvalue weighted by Gasteiger charge is -2.37. The number of hydrogen-bond acceptors (Lipinski definition) is 3. The fourth-order valence-electron chi connectivity index (χ4n) is 2.48. The van der Waals surface area contributed by atoms with Crippen molar-refractivity contribution in [2.75, 3.05) is 0 Å². The highest BCUT2D eigenvalue weighted by Gasteiger charge is 2.34. The lowest BCUT2D eigenvalue weighted by Crippen LogP contribution is -2.38. The third-order valence-electron chi connectivity index (χ3n) is 3.85. The number of hydrogen-bond donors (Lipinski definition) is 1. The van der Waals surface area contributed by atoms with E-state index >= 15 is 0 Å². The minimum absolute atomic E-state index is 0.0518. The minimum Gasteiger partial charge on any atom is -0.392 e. The molecule has 1 fully saturated rings. The Hall–Kier alpha value is -1.39. The summed E-state index contributed by atoms with van der Waals surface area (Å²) in [6.07, 6.45) is 5.46. The molecule has 0 saturated heterocycles. The van der Waals surface area contributed by atoms with Crippen molar-refractivity contribution >= 4 is 9.84 Å². The Balaban J connectivity index is 2.23. The highest BCUT2D eigenvalue weighted by atomic mass is 32.2. The summed E-state index contributed by atoms with van der Waals surface area (Å²) in [7, 11) is -3.47. The zero-order chi connectivity index (χ0) is 14.8. The first kappa shape index (κ1) is 15.0. The van der Waals surface area contributed by atoms with Gasteiger partial charge in [0.2, 0.25) is 9.84 Å². The van der Waals surface area contributed by atoms with Gasteiger partial charge in [-0.25, -0.2) is 8.42 Å². The normalized spacial score (nSPS) is 27.6. The molecular weight excluding hydrogens is 272 g/mol. The summed E-state index contributed by atoms with van der Waals surface area (Å²) in [5, 5.41) is 9.66. The van der Waals surface area contributed by atoms with Crippen LogP contribution in [-0.4, -0.2) is 19.6 Å². The van der Waals surface area contributed by atoms with Gasteiger partial charge >= 0.3 is 0 Å². The van der Waals surface area contributed by atoms with Crippen LogP contribution in [0.2, 0.25) is 0 Å². The fourth-order valence-corrected chi connectivity index (χ4v) is 3.83. The summed E-state index contributed by atoms with van der Waals surface area (Å²) in [5.74, 6) is 0.453. The van der Waals surface area contributed by atoms with E-state index in [-0.39, 0.29) is 16.9 Å². The lowest BCUT2D eigenvalue weighted by atomic mass is 9.72. The van der Waals surface area contributed by atoms with Crippen molar-refractivity contribution in [1.29, 1.82) is 0 Å². The van der Waals surface area contributed by atoms with Gasteiger partial charge in [0.15, 0.2) is 0 Å². The number of aliphatic hydroxyl groups is 1. The molecule has 0 spiro atoms. The van der Waals surface area contributed by atoms with E-state index in [0.29, 0.717) is 10.8 Å². The highest BCUT2D eigenvalue weighted by molar-refractivity contribution is 7.95. The second-order valence-corrected chi connectivity index (χ2v) is 7.17. The van der Waals surface area contributed by atoms with Gasteiger partial charge in [-0.15, -0.1) is 0 Å². The average molecular weight is 292 g/mol. The maximum Gasteiger partial charge on any atom is 0.206 e. The van der Waals surface area contributed by atoms with E-state index in [4.69, 9.17) is 0 Å². The maximum absolute atomic E-state index is 12.5. The second-order valence-electron chi connectivity index (χ2n) is 5.22. The monoisotopic (exact) mass is 292 g/mol. The van der Waals surface area contributed by atoms with Crippen LogP contribution in [0.4, 0.5) is 0 Å². The van der Waals surface area contributed by atoms with Crippen LogP contribution in [0.5, 0.6) is 0 Å². The predicted molar refractivity (Wildman–Crippen MR) is 79.8 cm³/mol. The minimum atomic E-state index is -3.47. The fraction of sp³-hybridized carbons (Fsp3) is 0.375. The zero-order valence-corrected chi connectivity index (χ0v) is 12.5. The lowest BCUT2D eigenvalue weighted by molar-refractivity contribution is 0.00194. The molecule has 1 saturated carbocycles. The summed E-state index contributed by atoms with van der Waals surface area (Å²) >= 11 is 0. The van der Waals surface area contributed by atoms with Crippen molar-refractivity contribution in [3.8, 4) is 0 Å². The van der Waals surface area contributed by atoms with Crippen LogP contribution in [0, 0.1) is 11.8 Å². The standard InChI is InChI=1S/C16H20O3S/c1-3-13(9-10-15-12(2)11-16(15)17)20(18,19)14-7-5-4-6-8-14/h3-10,12,15-17H,11H2,1-2H3/b10-9-,13-3+. The van der Waals surface area contributed by atoms with Gasteiger partial charge in [0.25, 0.3) is 0 Å². The summed E-state index contributed by atoms with van der Waals surface area (Å²) in [5.41, 5.74) is 0. The molecule has 0 radical (unpaired) electrons. The largest absolute Gasteiger partial charge is 0.392 e. The van der Waals surface area contributed by atoms with Crippen molar-refractivity contribution in [1.82, 2.24) is 0 Å². The SMILES string of the molecule is C/C=C(\C=C/C1C(C)CC1O)S(=O)(=O)c1ccccc1. The van der Waals surface area contributed by atoms with Gasteiger partial charge in [-0.1, -0.05) is 37.3 Å². The summed E-state index contributed by atoms with van der Waals surface area (Å²) in [6, 6.07) is 8.39. The molecule has 0 amide bonds. The molecule has 3 unspecified atom stereocenters. The molecule has 1 N–H and O–H groups in total. The van der Waals surface area contributed by atoms with Crippen LogP contribution in [-0.2, 0) is 9.84 Å². The van der Waals surface area contributed by atoms with E-state index < -0.39 is 9.84 Å². The second kappa shape index (κ2) is 5.94. The Morgan fingerprint density at radius 1 is 1.30 bits per heavy atom. The topological polar surface area (TPSA) is 54.4 Å². The number of aliphatic hydroxyl groups excluding tert-OH is 1. The third kappa shape index (κ3) is 2.86. The summed E-state index contributed by atoms with van der Waals surface area (Å²) < 4.78 is 24.9. The van der Waals surface area contributed by atoms with Crippen LogP contribution >= 0.6 is 0 Å². The quantitative estimate of drug-likeness (QED) is 0.868. The first-order valence-corrected chi connectivity index (χ1v) is 8.28. The van der Waals surface area contributed by atoms with E-state index in [0.717, 1.165) is 6.42 Å². The predicted octanol–water partition coefficient (Wildman–Crippen LogP) is 2.94. The van der Waals surface area contributed by atoms with Crippen LogP contribution in [0.3, 0.4) is 0 Å². The Morgan fingerprint density at radius 2 is 1.95 bits per heavy atom. The van der Waals surface area contributed by atoms with Gasteiger partial charge in [-0.3, -0.25) is 0 Å². The van der Waals surface area contributed by atoms with Crippen molar-refractivity contribution in [2.24, 2.45) is 11.8 Å². The Bertz CT molecular complexity index is 606. The Morgan fingerprint density at radius 3 is 2.45 bits per heavy atom. The van der Waals surface area contributed by atoms with Gasteiger partial charge in [0.1, 0.15) is 0 Å². The van der Waals surface area contributed by atoms with Crippen molar-refractivity contribution in [3.63, 3.8) is 0 Å². The molecule has 1 aliphatic carbocycles. The summed E-state index contributed by atoms with van der Waals surface area (Å²) in [4.78, 5) is 0.565. The summed E-state index contributed by atoms with van der Waals surface area (Å²) in [6.45, 7) is 3.77. The van der Waals surface area contributed by atoms with Gasteiger partial charge in [0.05, 0.1) is 15.9 Å². The Kier molecular flexibility index (Phi) is 4.45. The third-order valence-corrected chi connectivity index (χ3v) is 5.73. The highest BCUT2D eigenvalue weighted by Crippen LogP contribution is 2.35. The van der Waals surface area contributed by atoms with Crippen LogP contribution in [0.15, 0.2) is 58.4 Å². The average Bonchev–Trinajstić information content (AvgIpc) is 2.44. The van der Waals surface area contributed by atoms with Gasteiger partial charge < -0.3 is 5.11 Å². The van der Waals surface area contributed by atoms with E-state index in [2.05, 4.69) is 6.92 Å². The molecule has 4 heteroatoms. The molecule has 1 aromatic carbocycles. The Labute approximate surface area is 120 Å².